The van der Waals surface area contributed by atoms with E-state index >= 15 is 0 Å². The molecule has 2 aromatic rings. The molecule has 144 valence electrons. The highest BCUT2D eigenvalue weighted by atomic mass is 16.5. The molecule has 0 aliphatic carbocycles. The molecule has 0 aromatic heterocycles. The first kappa shape index (κ1) is 20.5. The minimum atomic E-state index is -0.816. The molecular weight excluding hydrogens is 344 g/mol. The topological polar surface area (TPSA) is 72.8 Å². The largest absolute Gasteiger partial charge is 0.497 e. The number of aryl methyl sites for hydroxylation is 2. The molecule has 0 radical (unpaired) electrons. The number of carboxylic acid groups (broad SMARTS) is 1. The third kappa shape index (κ3) is 7.13. The van der Waals surface area contributed by atoms with E-state index in [-0.39, 0.29) is 12.4 Å². The smallest absolute Gasteiger partial charge is 0.306 e. The molecule has 0 aliphatic heterocycles. The van der Waals surface area contributed by atoms with Gasteiger partial charge in [-0.3, -0.25) is 9.59 Å². The molecule has 2 rings (SSSR count). The summed E-state index contributed by atoms with van der Waals surface area (Å²) in [5.41, 5.74) is 4.24. The molecule has 0 unspecified atom stereocenters. The number of methoxy groups -OCH3 is 1. The molecule has 0 heterocycles. The first-order valence-electron chi connectivity index (χ1n) is 9.12. The molecule has 0 bridgehead atoms. The number of aliphatic carboxylic acids is 1. The lowest BCUT2D eigenvalue weighted by molar-refractivity contribution is -0.143. The summed E-state index contributed by atoms with van der Waals surface area (Å²) in [4.78, 5) is 22.5. The van der Waals surface area contributed by atoms with E-state index in [9.17, 15) is 9.59 Å². The third-order valence-corrected chi connectivity index (χ3v) is 4.23. The Labute approximate surface area is 159 Å². The number of esters is 1. The third-order valence-electron chi connectivity index (χ3n) is 4.23. The summed E-state index contributed by atoms with van der Waals surface area (Å²) in [6, 6.07) is 14.0. The summed E-state index contributed by atoms with van der Waals surface area (Å²) >= 11 is 0. The molecule has 27 heavy (non-hydrogen) atoms. The van der Waals surface area contributed by atoms with Gasteiger partial charge < -0.3 is 14.6 Å². The second kappa shape index (κ2) is 10.4. The SMILES string of the molecule is CCOC(=O)CCc1cc(CCC(=O)O)cc(Cc2ccc(OC)cc2)c1. The van der Waals surface area contributed by atoms with Crippen molar-refractivity contribution >= 4 is 11.9 Å². The van der Waals surface area contributed by atoms with Crippen LogP contribution in [-0.4, -0.2) is 30.8 Å². The summed E-state index contributed by atoms with van der Waals surface area (Å²) in [7, 11) is 1.64. The van der Waals surface area contributed by atoms with Crippen LogP contribution >= 0.6 is 0 Å². The van der Waals surface area contributed by atoms with Crippen LogP contribution in [0.4, 0.5) is 0 Å². The summed E-state index contributed by atoms with van der Waals surface area (Å²) in [5, 5.41) is 8.96. The minimum Gasteiger partial charge on any atom is -0.497 e. The number of carbonyl (C=O) groups is 2. The number of carboxylic acids is 1. The Bertz CT molecular complexity index is 765. The van der Waals surface area contributed by atoms with Crippen LogP contribution in [0, 0.1) is 0 Å². The number of rotatable bonds is 10. The van der Waals surface area contributed by atoms with Crippen molar-refractivity contribution < 1.29 is 24.2 Å². The average Bonchev–Trinajstić information content (AvgIpc) is 2.65. The Morgan fingerprint density at radius 2 is 1.48 bits per heavy atom. The molecule has 0 saturated carbocycles. The zero-order valence-corrected chi connectivity index (χ0v) is 15.9. The van der Waals surface area contributed by atoms with Crippen LogP contribution in [0.3, 0.4) is 0 Å². The molecule has 5 heteroatoms. The summed E-state index contributed by atoms with van der Waals surface area (Å²) in [5.74, 6) is -0.224. The molecule has 0 atom stereocenters. The van der Waals surface area contributed by atoms with Gasteiger partial charge >= 0.3 is 11.9 Å². The van der Waals surface area contributed by atoms with Gasteiger partial charge in [0.2, 0.25) is 0 Å². The van der Waals surface area contributed by atoms with Crippen molar-refractivity contribution in [1.29, 1.82) is 0 Å². The fourth-order valence-corrected chi connectivity index (χ4v) is 2.94. The van der Waals surface area contributed by atoms with Gasteiger partial charge in [-0.1, -0.05) is 30.3 Å². The fraction of sp³-hybridized carbons (Fsp3) is 0.364. The van der Waals surface area contributed by atoms with Crippen LogP contribution in [0.15, 0.2) is 42.5 Å². The average molecular weight is 370 g/mol. The van der Waals surface area contributed by atoms with E-state index in [0.29, 0.717) is 25.9 Å². The monoisotopic (exact) mass is 370 g/mol. The first-order valence-corrected chi connectivity index (χ1v) is 9.12. The van der Waals surface area contributed by atoms with Crippen molar-refractivity contribution in [3.05, 3.63) is 64.7 Å². The van der Waals surface area contributed by atoms with E-state index < -0.39 is 5.97 Å². The van der Waals surface area contributed by atoms with Crippen molar-refractivity contribution in [3.63, 3.8) is 0 Å². The number of carbonyl (C=O) groups excluding carboxylic acids is 1. The lowest BCUT2D eigenvalue weighted by Crippen LogP contribution is -2.06. The van der Waals surface area contributed by atoms with Gasteiger partial charge in [0.15, 0.2) is 0 Å². The Kier molecular flexibility index (Phi) is 7.86. The van der Waals surface area contributed by atoms with Crippen LogP contribution < -0.4 is 4.74 Å². The van der Waals surface area contributed by atoms with Gasteiger partial charge in [-0.05, 0) is 60.6 Å². The normalized spacial score (nSPS) is 10.4. The van der Waals surface area contributed by atoms with Gasteiger partial charge in [0.05, 0.1) is 13.7 Å². The van der Waals surface area contributed by atoms with Crippen molar-refractivity contribution in [2.75, 3.05) is 13.7 Å². The van der Waals surface area contributed by atoms with E-state index in [1.807, 2.05) is 36.4 Å². The predicted molar refractivity (Wildman–Crippen MR) is 103 cm³/mol. The lowest BCUT2D eigenvalue weighted by Gasteiger charge is -2.10. The Hall–Kier alpha value is -2.82. The maximum atomic E-state index is 11.6. The lowest BCUT2D eigenvalue weighted by atomic mass is 9.96. The second-order valence-electron chi connectivity index (χ2n) is 6.38. The van der Waals surface area contributed by atoms with Crippen molar-refractivity contribution in [2.45, 2.75) is 39.0 Å². The Morgan fingerprint density at radius 1 is 0.889 bits per heavy atom. The molecule has 2 aromatic carbocycles. The molecule has 0 aliphatic rings. The van der Waals surface area contributed by atoms with Crippen LogP contribution in [-0.2, 0) is 33.6 Å². The van der Waals surface area contributed by atoms with Gasteiger partial charge in [0, 0.05) is 12.8 Å². The predicted octanol–water partition coefficient (Wildman–Crippen LogP) is 3.80. The summed E-state index contributed by atoms with van der Waals surface area (Å²) in [6.45, 7) is 2.16. The number of benzene rings is 2. The van der Waals surface area contributed by atoms with Crippen LogP contribution in [0.5, 0.6) is 5.75 Å². The minimum absolute atomic E-state index is 0.0866. The van der Waals surface area contributed by atoms with E-state index in [1.165, 1.54) is 0 Å². The molecular formula is C22H26O5. The highest BCUT2D eigenvalue weighted by Gasteiger charge is 2.08. The second-order valence-corrected chi connectivity index (χ2v) is 6.38. The zero-order chi connectivity index (χ0) is 19.6. The summed E-state index contributed by atoms with van der Waals surface area (Å²) in [6.07, 6.45) is 2.19. The molecule has 0 amide bonds. The van der Waals surface area contributed by atoms with Gasteiger partial charge in [-0.2, -0.15) is 0 Å². The summed E-state index contributed by atoms with van der Waals surface area (Å²) < 4.78 is 10.2. The first-order chi connectivity index (χ1) is 13.0. The molecule has 0 fully saturated rings. The van der Waals surface area contributed by atoms with Gasteiger partial charge in [-0.25, -0.2) is 0 Å². The Balaban J connectivity index is 2.16. The maximum absolute atomic E-state index is 11.6. The standard InChI is InChI=1S/C22H26O5/c1-3-27-22(25)11-7-18-13-17(6-10-21(23)24)14-19(15-18)12-16-4-8-20(26-2)9-5-16/h4-5,8-9,13-15H,3,6-7,10-12H2,1-2H3,(H,23,24). The number of hydrogen-bond donors (Lipinski definition) is 1. The fourth-order valence-electron chi connectivity index (χ4n) is 2.94. The van der Waals surface area contributed by atoms with Crippen molar-refractivity contribution in [1.82, 2.24) is 0 Å². The van der Waals surface area contributed by atoms with Crippen molar-refractivity contribution in [3.8, 4) is 5.75 Å². The maximum Gasteiger partial charge on any atom is 0.306 e. The van der Waals surface area contributed by atoms with E-state index in [0.717, 1.165) is 34.4 Å². The van der Waals surface area contributed by atoms with E-state index in [4.69, 9.17) is 14.6 Å². The molecule has 5 nitrogen and oxygen atoms in total. The van der Waals surface area contributed by atoms with Gasteiger partial charge in [0.1, 0.15) is 5.75 Å². The van der Waals surface area contributed by atoms with E-state index in [2.05, 4.69) is 6.07 Å². The number of hydrogen-bond acceptors (Lipinski definition) is 4. The van der Waals surface area contributed by atoms with Crippen LogP contribution in [0.1, 0.15) is 42.0 Å². The quantitative estimate of drug-likeness (QED) is 0.644. The van der Waals surface area contributed by atoms with Gasteiger partial charge in [0.25, 0.3) is 0 Å². The highest BCUT2D eigenvalue weighted by Crippen LogP contribution is 2.19. The zero-order valence-electron chi connectivity index (χ0n) is 15.9. The van der Waals surface area contributed by atoms with E-state index in [1.54, 1.807) is 14.0 Å². The highest BCUT2D eigenvalue weighted by molar-refractivity contribution is 5.69. The Morgan fingerprint density at radius 3 is 2.04 bits per heavy atom. The van der Waals surface area contributed by atoms with Crippen molar-refractivity contribution in [2.24, 2.45) is 0 Å². The number of ether oxygens (including phenoxy) is 2. The van der Waals surface area contributed by atoms with Crippen LogP contribution in [0.25, 0.3) is 0 Å². The van der Waals surface area contributed by atoms with Gasteiger partial charge in [-0.15, -0.1) is 0 Å². The molecule has 0 spiro atoms. The van der Waals surface area contributed by atoms with Crippen LogP contribution in [0.2, 0.25) is 0 Å². The molecule has 1 N–H and O–H groups in total. The molecule has 0 saturated heterocycles.